The summed E-state index contributed by atoms with van der Waals surface area (Å²) < 4.78 is 6.46. The second kappa shape index (κ2) is 6.94. The molecular weight excluding hydrogens is 424 g/mol. The van der Waals surface area contributed by atoms with Crippen molar-refractivity contribution in [1.82, 2.24) is 0 Å². The van der Waals surface area contributed by atoms with Crippen molar-refractivity contribution in [2.45, 2.75) is 0 Å². The Hall–Kier alpha value is -4.62. The van der Waals surface area contributed by atoms with Crippen molar-refractivity contribution in [3.8, 4) is 11.1 Å². The average Bonchev–Trinajstić information content (AvgIpc) is 3.31. The third-order valence-electron chi connectivity index (χ3n) is 7.44. The minimum Gasteiger partial charge on any atom is -0.455 e. The largest absolute Gasteiger partial charge is 0.455 e. The fraction of sp³-hybridized carbons (Fsp3) is 0. The monoisotopic (exact) mass is 444 g/mol. The number of hydrogen-bond acceptors (Lipinski definition) is 1. The number of fused-ring (bicyclic) bond motifs is 11. The Labute approximate surface area is 201 Å². The lowest BCUT2D eigenvalue weighted by molar-refractivity contribution is 0.670. The van der Waals surface area contributed by atoms with Crippen LogP contribution in [0.5, 0.6) is 0 Å². The molecule has 0 N–H and O–H groups in total. The number of rotatable bonds is 1. The lowest BCUT2D eigenvalue weighted by atomic mass is 9.87. The van der Waals surface area contributed by atoms with Gasteiger partial charge in [0.15, 0.2) is 0 Å². The molecule has 0 fully saturated rings. The van der Waals surface area contributed by atoms with Crippen LogP contribution in [0.25, 0.3) is 76.2 Å². The first-order chi connectivity index (χ1) is 17.4. The highest BCUT2D eigenvalue weighted by Gasteiger charge is 2.18. The first-order valence-electron chi connectivity index (χ1n) is 12.0. The third kappa shape index (κ3) is 2.53. The summed E-state index contributed by atoms with van der Waals surface area (Å²) in [6, 6.07) is 43.6. The molecular formula is C34H20O. The van der Waals surface area contributed by atoms with Gasteiger partial charge in [-0.1, -0.05) is 109 Å². The first kappa shape index (κ1) is 18.8. The van der Waals surface area contributed by atoms with Crippen molar-refractivity contribution < 1.29 is 4.42 Å². The Morgan fingerprint density at radius 1 is 0.343 bits per heavy atom. The van der Waals surface area contributed by atoms with Gasteiger partial charge < -0.3 is 4.42 Å². The minimum absolute atomic E-state index is 0.927. The van der Waals surface area contributed by atoms with E-state index in [1.54, 1.807) is 0 Å². The van der Waals surface area contributed by atoms with Crippen LogP contribution in [0.2, 0.25) is 0 Å². The zero-order chi connectivity index (χ0) is 22.9. The number of benzene rings is 7. The summed E-state index contributed by atoms with van der Waals surface area (Å²) in [6.45, 7) is 0. The van der Waals surface area contributed by atoms with Crippen molar-refractivity contribution in [3.63, 3.8) is 0 Å². The molecule has 0 bridgehead atoms. The topological polar surface area (TPSA) is 13.1 Å². The fourth-order valence-corrected chi connectivity index (χ4v) is 5.95. The molecule has 0 amide bonds. The van der Waals surface area contributed by atoms with Crippen LogP contribution >= 0.6 is 0 Å². The summed E-state index contributed by atoms with van der Waals surface area (Å²) in [5, 5.41) is 12.6. The van der Waals surface area contributed by atoms with Crippen LogP contribution < -0.4 is 0 Å². The van der Waals surface area contributed by atoms with Crippen LogP contribution in [-0.4, -0.2) is 0 Å². The molecule has 1 aromatic heterocycles. The summed E-state index contributed by atoms with van der Waals surface area (Å²) >= 11 is 0. The molecule has 35 heavy (non-hydrogen) atoms. The lowest BCUT2D eigenvalue weighted by Gasteiger charge is -2.16. The van der Waals surface area contributed by atoms with Gasteiger partial charge in [-0.05, 0) is 60.8 Å². The zero-order valence-electron chi connectivity index (χ0n) is 19.0. The zero-order valence-corrected chi connectivity index (χ0v) is 19.0. The van der Waals surface area contributed by atoms with Gasteiger partial charge in [0.05, 0.1) is 0 Å². The Balaban J connectivity index is 1.62. The van der Waals surface area contributed by atoms with Crippen LogP contribution in [-0.2, 0) is 0 Å². The van der Waals surface area contributed by atoms with E-state index < -0.39 is 0 Å². The fourth-order valence-electron chi connectivity index (χ4n) is 5.95. The van der Waals surface area contributed by atoms with Gasteiger partial charge in [0.1, 0.15) is 11.2 Å². The van der Waals surface area contributed by atoms with E-state index in [1.165, 1.54) is 48.7 Å². The van der Waals surface area contributed by atoms with Crippen molar-refractivity contribution in [2.75, 3.05) is 0 Å². The molecule has 0 aliphatic carbocycles. The molecule has 8 rings (SSSR count). The molecule has 1 heteroatoms. The molecule has 0 spiro atoms. The van der Waals surface area contributed by atoms with Gasteiger partial charge in [-0.2, -0.15) is 0 Å². The van der Waals surface area contributed by atoms with E-state index >= 15 is 0 Å². The van der Waals surface area contributed by atoms with Crippen LogP contribution in [0.4, 0.5) is 0 Å². The average molecular weight is 445 g/mol. The maximum absolute atomic E-state index is 6.46. The van der Waals surface area contributed by atoms with E-state index in [-0.39, 0.29) is 0 Å². The van der Waals surface area contributed by atoms with Crippen LogP contribution in [0.3, 0.4) is 0 Å². The van der Waals surface area contributed by atoms with E-state index in [0.717, 1.165) is 27.5 Å². The third-order valence-corrected chi connectivity index (χ3v) is 7.44. The Morgan fingerprint density at radius 3 is 1.60 bits per heavy atom. The van der Waals surface area contributed by atoms with Crippen molar-refractivity contribution >= 4 is 65.0 Å². The summed E-state index contributed by atoms with van der Waals surface area (Å²) in [7, 11) is 0. The number of furan rings is 1. The van der Waals surface area contributed by atoms with E-state index in [0.29, 0.717) is 0 Å². The molecule has 1 heterocycles. The highest BCUT2D eigenvalue weighted by atomic mass is 16.3. The second-order valence-electron chi connectivity index (χ2n) is 9.26. The quantitative estimate of drug-likeness (QED) is 0.230. The maximum Gasteiger partial charge on any atom is 0.143 e. The second-order valence-corrected chi connectivity index (χ2v) is 9.26. The Bertz CT molecular complexity index is 2110. The smallest absolute Gasteiger partial charge is 0.143 e. The summed E-state index contributed by atoms with van der Waals surface area (Å²) in [5.74, 6) is 0. The molecule has 0 radical (unpaired) electrons. The maximum atomic E-state index is 6.46. The van der Waals surface area contributed by atoms with Gasteiger partial charge in [0.2, 0.25) is 0 Å². The first-order valence-corrected chi connectivity index (χ1v) is 12.0. The summed E-state index contributed by atoms with van der Waals surface area (Å²) in [5.41, 5.74) is 4.21. The highest BCUT2D eigenvalue weighted by Crippen LogP contribution is 2.44. The number of hydrogen-bond donors (Lipinski definition) is 0. The van der Waals surface area contributed by atoms with Gasteiger partial charge in [0, 0.05) is 16.3 Å². The molecule has 0 aliphatic rings. The summed E-state index contributed by atoms with van der Waals surface area (Å²) in [6.07, 6.45) is 0. The van der Waals surface area contributed by atoms with Crippen LogP contribution in [0.15, 0.2) is 126 Å². The molecule has 0 atom stereocenters. The Morgan fingerprint density at radius 2 is 0.857 bits per heavy atom. The molecule has 162 valence electrons. The van der Waals surface area contributed by atoms with Gasteiger partial charge in [-0.3, -0.25) is 0 Å². The molecule has 8 aromatic rings. The molecule has 0 saturated carbocycles. The van der Waals surface area contributed by atoms with Crippen molar-refractivity contribution in [3.05, 3.63) is 121 Å². The van der Waals surface area contributed by atoms with Crippen LogP contribution in [0.1, 0.15) is 0 Å². The van der Waals surface area contributed by atoms with Gasteiger partial charge >= 0.3 is 0 Å². The molecule has 0 unspecified atom stereocenters. The Kier molecular flexibility index (Phi) is 3.72. The minimum atomic E-state index is 0.927. The van der Waals surface area contributed by atoms with E-state index in [1.807, 2.05) is 6.07 Å². The van der Waals surface area contributed by atoms with E-state index in [9.17, 15) is 0 Å². The summed E-state index contributed by atoms with van der Waals surface area (Å²) in [4.78, 5) is 0. The van der Waals surface area contributed by atoms with Crippen molar-refractivity contribution in [1.29, 1.82) is 0 Å². The van der Waals surface area contributed by atoms with Crippen LogP contribution in [0, 0.1) is 0 Å². The van der Waals surface area contributed by atoms with Gasteiger partial charge in [-0.15, -0.1) is 0 Å². The van der Waals surface area contributed by atoms with Gasteiger partial charge in [-0.25, -0.2) is 0 Å². The highest BCUT2D eigenvalue weighted by molar-refractivity contribution is 6.33. The van der Waals surface area contributed by atoms with E-state index in [2.05, 4.69) is 115 Å². The standard InChI is InChI=1S/C34H20O/c1-2-12-23-21(10-1)22-11-3-5-15-26(22)33-27-16-6-4-13-24(27)30(20-31(23)33)29-18-9-17-28-25-14-7-8-19-32(25)35-34(28)29/h1-20H. The lowest BCUT2D eigenvalue weighted by Crippen LogP contribution is -1.89. The van der Waals surface area contributed by atoms with E-state index in [4.69, 9.17) is 4.42 Å². The number of para-hydroxylation sites is 2. The normalized spacial score (nSPS) is 12.0. The molecule has 0 saturated heterocycles. The predicted molar refractivity (Wildman–Crippen MR) is 149 cm³/mol. The van der Waals surface area contributed by atoms with Gasteiger partial charge in [0.25, 0.3) is 0 Å². The SMILES string of the molecule is c1ccc2c(c1)oc1c(-c3cc4c5ccccc5c5ccccc5c4c4ccccc34)cccc12. The van der Waals surface area contributed by atoms with Crippen molar-refractivity contribution in [2.24, 2.45) is 0 Å². The molecule has 7 aromatic carbocycles. The molecule has 0 aliphatic heterocycles. The molecule has 1 nitrogen and oxygen atoms in total. The predicted octanol–water partition coefficient (Wildman–Crippen LogP) is 9.87.